The van der Waals surface area contributed by atoms with Gasteiger partial charge >= 0.3 is 0 Å². The highest BCUT2D eigenvalue weighted by Gasteiger charge is 2.45. The summed E-state index contributed by atoms with van der Waals surface area (Å²) in [6.07, 6.45) is -0.0296. The second kappa shape index (κ2) is 7.30. The zero-order chi connectivity index (χ0) is 18.8. The van der Waals surface area contributed by atoms with E-state index in [-0.39, 0.29) is 24.3 Å². The van der Waals surface area contributed by atoms with Gasteiger partial charge in [0.05, 0.1) is 18.2 Å². The van der Waals surface area contributed by atoms with Gasteiger partial charge in [-0.3, -0.25) is 14.4 Å². The average molecular weight is 371 g/mol. The largest absolute Gasteiger partial charge is 0.324 e. The maximum absolute atomic E-state index is 13.0. The van der Waals surface area contributed by atoms with Gasteiger partial charge in [-0.2, -0.15) is 0 Å². The van der Waals surface area contributed by atoms with Gasteiger partial charge in [0, 0.05) is 11.9 Å². The molecule has 2 aromatic rings. The molecule has 1 heterocycles. The van der Waals surface area contributed by atoms with Gasteiger partial charge in [-0.05, 0) is 36.8 Å². The first-order valence-electron chi connectivity index (χ1n) is 8.36. The minimum Gasteiger partial charge on any atom is -0.324 e. The summed E-state index contributed by atoms with van der Waals surface area (Å²) in [5.74, 6) is -0.963. The van der Waals surface area contributed by atoms with E-state index in [1.165, 1.54) is 11.8 Å². The molecule has 134 valence electrons. The monoisotopic (exact) mass is 370 g/mol. The van der Waals surface area contributed by atoms with Gasteiger partial charge < -0.3 is 4.90 Å². The number of hydrogen-bond acceptors (Lipinski definition) is 3. The van der Waals surface area contributed by atoms with Gasteiger partial charge in [-0.15, -0.1) is 0 Å². The van der Waals surface area contributed by atoms with E-state index in [1.807, 2.05) is 37.3 Å². The van der Waals surface area contributed by atoms with Crippen molar-refractivity contribution in [2.24, 2.45) is 0 Å². The van der Waals surface area contributed by atoms with Gasteiger partial charge in [0.1, 0.15) is 6.04 Å². The minimum absolute atomic E-state index is 0.0296. The van der Waals surface area contributed by atoms with Crippen LogP contribution in [0.3, 0.4) is 0 Å². The summed E-state index contributed by atoms with van der Waals surface area (Å²) in [7, 11) is 0. The smallest absolute Gasteiger partial charge is 0.257 e. The van der Waals surface area contributed by atoms with Crippen molar-refractivity contribution in [3.8, 4) is 0 Å². The number of carbonyl (C=O) groups is 3. The lowest BCUT2D eigenvalue weighted by molar-refractivity contribution is -0.139. The predicted molar refractivity (Wildman–Crippen MR) is 99.7 cm³/mol. The Bertz CT molecular complexity index is 836. The topological polar surface area (TPSA) is 57.7 Å². The molecule has 2 unspecified atom stereocenters. The lowest BCUT2D eigenvalue weighted by Gasteiger charge is -2.32. The quantitative estimate of drug-likeness (QED) is 0.773. The van der Waals surface area contributed by atoms with Crippen LogP contribution >= 0.6 is 11.6 Å². The maximum Gasteiger partial charge on any atom is 0.257 e. The van der Waals surface area contributed by atoms with Crippen molar-refractivity contribution in [1.29, 1.82) is 0 Å². The van der Waals surface area contributed by atoms with Gasteiger partial charge in [0.15, 0.2) is 0 Å². The molecule has 1 saturated heterocycles. The first-order valence-corrected chi connectivity index (χ1v) is 8.74. The van der Waals surface area contributed by atoms with Crippen molar-refractivity contribution in [2.45, 2.75) is 32.4 Å². The highest BCUT2D eigenvalue weighted by molar-refractivity contribution is 6.30. The van der Waals surface area contributed by atoms with Crippen LogP contribution in [-0.4, -0.2) is 28.7 Å². The molecule has 1 aliphatic heterocycles. The molecule has 26 heavy (non-hydrogen) atoms. The van der Waals surface area contributed by atoms with Crippen molar-refractivity contribution in [2.75, 3.05) is 4.90 Å². The molecule has 0 aliphatic carbocycles. The lowest BCUT2D eigenvalue weighted by atomic mass is 10.0. The number of anilines is 1. The van der Waals surface area contributed by atoms with Crippen LogP contribution in [0.2, 0.25) is 5.02 Å². The minimum atomic E-state index is -0.814. The van der Waals surface area contributed by atoms with Gasteiger partial charge in [-0.1, -0.05) is 41.9 Å². The fourth-order valence-corrected chi connectivity index (χ4v) is 3.47. The Kier molecular flexibility index (Phi) is 5.09. The fourth-order valence-electron chi connectivity index (χ4n) is 3.35. The van der Waals surface area contributed by atoms with E-state index >= 15 is 0 Å². The summed E-state index contributed by atoms with van der Waals surface area (Å²) in [4.78, 5) is 40.4. The summed E-state index contributed by atoms with van der Waals surface area (Å²) < 4.78 is 0. The van der Waals surface area contributed by atoms with E-state index < -0.39 is 11.9 Å². The number of halogens is 1. The molecule has 1 aliphatic rings. The van der Waals surface area contributed by atoms with E-state index in [0.29, 0.717) is 10.7 Å². The Hall–Kier alpha value is -2.66. The van der Waals surface area contributed by atoms with Gasteiger partial charge in [-0.25, -0.2) is 4.90 Å². The Morgan fingerprint density at radius 1 is 1.12 bits per heavy atom. The Labute approximate surface area is 157 Å². The number of imide groups is 1. The molecule has 0 saturated carbocycles. The summed E-state index contributed by atoms with van der Waals surface area (Å²) in [5, 5.41) is 0.521. The predicted octanol–water partition coefficient (Wildman–Crippen LogP) is 3.58. The number of rotatable bonds is 4. The third-order valence-electron chi connectivity index (χ3n) is 4.61. The number of nitrogens with zero attached hydrogens (tertiary/aromatic N) is 2. The first-order chi connectivity index (χ1) is 12.4. The van der Waals surface area contributed by atoms with E-state index in [2.05, 4.69) is 0 Å². The zero-order valence-electron chi connectivity index (χ0n) is 14.6. The molecule has 2 aromatic carbocycles. The van der Waals surface area contributed by atoms with Crippen molar-refractivity contribution in [3.63, 3.8) is 0 Å². The summed E-state index contributed by atoms with van der Waals surface area (Å²) in [6, 6.07) is 14.8. The number of carbonyl (C=O) groups excluding carboxylic acids is 3. The van der Waals surface area contributed by atoms with Crippen LogP contribution < -0.4 is 4.90 Å². The van der Waals surface area contributed by atoms with E-state index in [1.54, 1.807) is 24.3 Å². The molecule has 0 spiro atoms. The Balaban J connectivity index is 1.91. The van der Waals surface area contributed by atoms with Crippen molar-refractivity contribution in [3.05, 3.63) is 65.2 Å². The highest BCUT2D eigenvalue weighted by Crippen LogP contribution is 2.31. The Morgan fingerprint density at radius 3 is 2.31 bits per heavy atom. The van der Waals surface area contributed by atoms with Gasteiger partial charge in [0.2, 0.25) is 11.8 Å². The van der Waals surface area contributed by atoms with Crippen LogP contribution in [-0.2, 0) is 14.4 Å². The third kappa shape index (κ3) is 3.35. The molecule has 1 fully saturated rings. The van der Waals surface area contributed by atoms with Crippen LogP contribution in [0.25, 0.3) is 0 Å². The van der Waals surface area contributed by atoms with Crippen LogP contribution in [0, 0.1) is 0 Å². The van der Waals surface area contributed by atoms with E-state index in [4.69, 9.17) is 11.6 Å². The molecule has 0 N–H and O–H groups in total. The van der Waals surface area contributed by atoms with Crippen LogP contribution in [0.15, 0.2) is 54.6 Å². The Morgan fingerprint density at radius 2 is 1.73 bits per heavy atom. The molecule has 5 nitrogen and oxygen atoms in total. The molecular formula is C20H19ClN2O3. The van der Waals surface area contributed by atoms with Gasteiger partial charge in [0.25, 0.3) is 5.91 Å². The second-order valence-corrected chi connectivity index (χ2v) is 6.71. The van der Waals surface area contributed by atoms with Crippen LogP contribution in [0.1, 0.15) is 31.9 Å². The van der Waals surface area contributed by atoms with Crippen molar-refractivity contribution in [1.82, 2.24) is 4.90 Å². The number of benzene rings is 2. The van der Waals surface area contributed by atoms with Crippen LogP contribution in [0.4, 0.5) is 5.69 Å². The standard InChI is InChI=1S/C20H19ClN2O3/c1-13(15-6-4-3-5-7-15)22(14(2)24)18-12-19(25)23(20(18)26)17-10-8-16(21)9-11-17/h3-11,13,18H,12H2,1-2H3. The maximum atomic E-state index is 13.0. The summed E-state index contributed by atoms with van der Waals surface area (Å²) >= 11 is 5.88. The normalized spacial score (nSPS) is 18.1. The highest BCUT2D eigenvalue weighted by atomic mass is 35.5. The molecule has 3 amide bonds. The van der Waals surface area contributed by atoms with E-state index in [9.17, 15) is 14.4 Å². The summed E-state index contributed by atoms with van der Waals surface area (Å²) in [5.41, 5.74) is 1.37. The molecule has 3 rings (SSSR count). The second-order valence-electron chi connectivity index (χ2n) is 6.28. The number of hydrogen-bond donors (Lipinski definition) is 0. The van der Waals surface area contributed by atoms with E-state index in [0.717, 1.165) is 10.5 Å². The van der Waals surface area contributed by atoms with Crippen LogP contribution in [0.5, 0.6) is 0 Å². The first kappa shape index (κ1) is 18.1. The molecule has 6 heteroatoms. The van der Waals surface area contributed by atoms with Crippen molar-refractivity contribution < 1.29 is 14.4 Å². The lowest BCUT2D eigenvalue weighted by Crippen LogP contribution is -2.45. The number of amides is 3. The average Bonchev–Trinajstić information content (AvgIpc) is 2.91. The van der Waals surface area contributed by atoms with Crippen molar-refractivity contribution >= 4 is 35.0 Å². The zero-order valence-corrected chi connectivity index (χ0v) is 15.3. The molecule has 0 aromatic heterocycles. The molecular weight excluding hydrogens is 352 g/mol. The molecule has 2 atom stereocenters. The third-order valence-corrected chi connectivity index (χ3v) is 4.86. The molecule has 0 radical (unpaired) electrons. The fraction of sp³-hybridized carbons (Fsp3) is 0.250. The SMILES string of the molecule is CC(=O)N(C1CC(=O)N(c2ccc(Cl)cc2)C1=O)C(C)c1ccccc1. The molecule has 0 bridgehead atoms. The summed E-state index contributed by atoms with van der Waals surface area (Å²) in [6.45, 7) is 3.28.